The lowest BCUT2D eigenvalue weighted by Crippen LogP contribution is -2.25. The third kappa shape index (κ3) is 4.73. The van der Waals surface area contributed by atoms with E-state index in [4.69, 9.17) is 9.47 Å². The zero-order chi connectivity index (χ0) is 14.4. The van der Waals surface area contributed by atoms with Crippen LogP contribution in [0.3, 0.4) is 0 Å². The van der Waals surface area contributed by atoms with Crippen molar-refractivity contribution >= 4 is 17.4 Å². The van der Waals surface area contributed by atoms with E-state index in [1.165, 1.54) is 0 Å². The van der Waals surface area contributed by atoms with Crippen molar-refractivity contribution in [2.75, 3.05) is 7.11 Å². The van der Waals surface area contributed by atoms with Gasteiger partial charge < -0.3 is 9.47 Å². The average Bonchev–Trinajstić information content (AvgIpc) is 2.35. The lowest BCUT2D eigenvalue weighted by atomic mass is 10.1. The van der Waals surface area contributed by atoms with Crippen LogP contribution >= 0.6 is 0 Å². The van der Waals surface area contributed by atoms with E-state index in [1.54, 1.807) is 7.11 Å². The third-order valence-corrected chi connectivity index (χ3v) is 2.42. The van der Waals surface area contributed by atoms with Gasteiger partial charge in [0.15, 0.2) is 0 Å². The molecule has 104 valence electrons. The molecule has 4 nitrogen and oxygen atoms in total. The molecule has 1 rings (SSSR count). The van der Waals surface area contributed by atoms with Gasteiger partial charge in [-0.25, -0.2) is 9.79 Å². The molecule has 1 aromatic carbocycles. The van der Waals surface area contributed by atoms with Gasteiger partial charge in [0, 0.05) is 5.92 Å². The molecule has 0 saturated carbocycles. The first-order valence-electron chi connectivity index (χ1n) is 6.37. The Morgan fingerprint density at radius 3 is 2.11 bits per heavy atom. The Morgan fingerprint density at radius 1 is 1.11 bits per heavy atom. The smallest absolute Gasteiger partial charge is 0.353 e. The van der Waals surface area contributed by atoms with Crippen molar-refractivity contribution in [2.24, 2.45) is 10.9 Å². The van der Waals surface area contributed by atoms with E-state index in [0.29, 0.717) is 11.4 Å². The van der Waals surface area contributed by atoms with E-state index in [1.807, 2.05) is 52.0 Å². The Kier molecular flexibility index (Phi) is 5.55. The fourth-order valence-electron chi connectivity index (χ4n) is 1.48. The lowest BCUT2D eigenvalue weighted by molar-refractivity contribution is -0.139. The lowest BCUT2D eigenvalue weighted by Gasteiger charge is -2.12. The van der Waals surface area contributed by atoms with Crippen molar-refractivity contribution < 1.29 is 14.3 Å². The molecule has 0 N–H and O–H groups in total. The first kappa shape index (κ1) is 15.2. The highest BCUT2D eigenvalue weighted by molar-refractivity contribution is 6.37. The molecule has 4 heteroatoms. The summed E-state index contributed by atoms with van der Waals surface area (Å²) in [6.07, 6.45) is -0.146. The molecule has 0 aliphatic heterocycles. The topological polar surface area (TPSA) is 47.9 Å². The molecule has 0 aromatic heterocycles. The van der Waals surface area contributed by atoms with Crippen molar-refractivity contribution in [3.63, 3.8) is 0 Å². The summed E-state index contributed by atoms with van der Waals surface area (Å²) in [5.74, 6) is 0.406. The van der Waals surface area contributed by atoms with Crippen LogP contribution in [0.4, 0.5) is 5.69 Å². The normalized spacial score (nSPS) is 11.8. The van der Waals surface area contributed by atoms with Crippen LogP contribution in [0.1, 0.15) is 27.7 Å². The van der Waals surface area contributed by atoms with Gasteiger partial charge in [-0.15, -0.1) is 0 Å². The Labute approximate surface area is 114 Å². The van der Waals surface area contributed by atoms with Gasteiger partial charge in [-0.1, -0.05) is 13.8 Å². The number of rotatable bonds is 5. The molecule has 0 aliphatic carbocycles. The minimum atomic E-state index is -0.360. The Morgan fingerprint density at radius 2 is 1.68 bits per heavy atom. The molecule has 19 heavy (non-hydrogen) atoms. The van der Waals surface area contributed by atoms with Gasteiger partial charge in [0.25, 0.3) is 0 Å². The maximum atomic E-state index is 11.9. The quantitative estimate of drug-likeness (QED) is 0.604. The number of hydrogen-bond donors (Lipinski definition) is 0. The van der Waals surface area contributed by atoms with Crippen LogP contribution in [0.25, 0.3) is 0 Å². The third-order valence-electron chi connectivity index (χ3n) is 2.42. The summed E-state index contributed by atoms with van der Waals surface area (Å²) >= 11 is 0. The van der Waals surface area contributed by atoms with Gasteiger partial charge in [-0.3, -0.25) is 0 Å². The summed E-state index contributed by atoms with van der Waals surface area (Å²) in [7, 11) is 1.61. The zero-order valence-corrected chi connectivity index (χ0v) is 12.1. The van der Waals surface area contributed by atoms with E-state index in [0.717, 1.165) is 5.75 Å². The van der Waals surface area contributed by atoms with Crippen molar-refractivity contribution in [1.82, 2.24) is 0 Å². The summed E-state index contributed by atoms with van der Waals surface area (Å²) in [5.41, 5.74) is 1.14. The second-order valence-corrected chi connectivity index (χ2v) is 4.80. The van der Waals surface area contributed by atoms with Crippen LogP contribution in [0.15, 0.2) is 29.3 Å². The number of nitrogens with zero attached hydrogens (tertiary/aromatic N) is 1. The van der Waals surface area contributed by atoms with Crippen molar-refractivity contribution in [1.29, 1.82) is 0 Å². The standard InChI is InChI=1S/C15H21NO3/c1-10(2)14(15(17)19-11(3)4)16-12-6-8-13(18-5)9-7-12/h6-11H,1-5H3. The zero-order valence-electron chi connectivity index (χ0n) is 12.1. The number of benzene rings is 1. The van der Waals surface area contributed by atoms with Crippen LogP contribution in [-0.4, -0.2) is 24.9 Å². The van der Waals surface area contributed by atoms with Gasteiger partial charge in [0.1, 0.15) is 11.5 Å². The van der Waals surface area contributed by atoms with Gasteiger partial charge in [0.2, 0.25) is 0 Å². The molecule has 0 spiro atoms. The van der Waals surface area contributed by atoms with Crippen LogP contribution in [0.5, 0.6) is 5.75 Å². The molecule has 0 saturated heterocycles. The molecule has 0 atom stereocenters. The molecule has 0 aliphatic rings. The predicted octanol–water partition coefficient (Wildman–Crippen LogP) is 3.38. The average molecular weight is 263 g/mol. The highest BCUT2D eigenvalue weighted by Gasteiger charge is 2.18. The Bertz CT molecular complexity index is 447. The monoisotopic (exact) mass is 263 g/mol. The van der Waals surface area contributed by atoms with Crippen LogP contribution < -0.4 is 4.74 Å². The van der Waals surface area contributed by atoms with E-state index in [2.05, 4.69) is 4.99 Å². The summed E-state index contributed by atoms with van der Waals surface area (Å²) in [4.78, 5) is 16.3. The molecule has 0 radical (unpaired) electrons. The number of esters is 1. The fourth-order valence-corrected chi connectivity index (χ4v) is 1.48. The molecular formula is C15H21NO3. The predicted molar refractivity (Wildman–Crippen MR) is 76.2 cm³/mol. The van der Waals surface area contributed by atoms with Crippen molar-refractivity contribution in [2.45, 2.75) is 33.8 Å². The first-order chi connectivity index (χ1) is 8.93. The molecule has 0 unspecified atom stereocenters. The molecule has 0 fully saturated rings. The minimum absolute atomic E-state index is 0.00773. The summed E-state index contributed by atoms with van der Waals surface area (Å²) < 4.78 is 10.3. The number of carbonyl (C=O) groups is 1. The highest BCUT2D eigenvalue weighted by atomic mass is 16.5. The molecule has 0 heterocycles. The van der Waals surface area contributed by atoms with E-state index in [9.17, 15) is 4.79 Å². The molecule has 0 amide bonds. The summed E-state index contributed by atoms with van der Waals surface area (Å²) in [6, 6.07) is 7.24. The minimum Gasteiger partial charge on any atom is -0.497 e. The molecule has 0 bridgehead atoms. The fraction of sp³-hybridized carbons (Fsp3) is 0.467. The first-order valence-corrected chi connectivity index (χ1v) is 6.37. The van der Waals surface area contributed by atoms with E-state index >= 15 is 0 Å². The van der Waals surface area contributed by atoms with Gasteiger partial charge in [0.05, 0.1) is 18.9 Å². The number of carbonyl (C=O) groups excluding carboxylic acids is 1. The second-order valence-electron chi connectivity index (χ2n) is 4.80. The highest BCUT2D eigenvalue weighted by Crippen LogP contribution is 2.19. The summed E-state index contributed by atoms with van der Waals surface area (Å²) in [6.45, 7) is 7.49. The van der Waals surface area contributed by atoms with E-state index in [-0.39, 0.29) is 18.0 Å². The van der Waals surface area contributed by atoms with Gasteiger partial charge >= 0.3 is 5.97 Å². The maximum absolute atomic E-state index is 11.9. The number of aliphatic imine (C=N–C) groups is 1. The van der Waals surface area contributed by atoms with Gasteiger partial charge in [-0.05, 0) is 38.1 Å². The number of ether oxygens (including phenoxy) is 2. The molecular weight excluding hydrogens is 242 g/mol. The SMILES string of the molecule is COc1ccc(N=C(C(=O)OC(C)C)C(C)C)cc1. The summed E-state index contributed by atoms with van der Waals surface area (Å²) in [5, 5.41) is 0. The number of methoxy groups -OCH3 is 1. The van der Waals surface area contributed by atoms with Gasteiger partial charge in [-0.2, -0.15) is 0 Å². The van der Waals surface area contributed by atoms with Crippen molar-refractivity contribution in [3.05, 3.63) is 24.3 Å². The Hall–Kier alpha value is -1.84. The van der Waals surface area contributed by atoms with E-state index < -0.39 is 0 Å². The largest absolute Gasteiger partial charge is 0.497 e. The second kappa shape index (κ2) is 6.92. The molecule has 1 aromatic rings. The maximum Gasteiger partial charge on any atom is 0.353 e. The Balaban J connectivity index is 2.96. The number of hydrogen-bond acceptors (Lipinski definition) is 4. The van der Waals surface area contributed by atoms with Crippen LogP contribution in [0.2, 0.25) is 0 Å². The van der Waals surface area contributed by atoms with Crippen molar-refractivity contribution in [3.8, 4) is 5.75 Å². The van der Waals surface area contributed by atoms with Crippen LogP contribution in [0, 0.1) is 5.92 Å². The van der Waals surface area contributed by atoms with Crippen LogP contribution in [-0.2, 0) is 9.53 Å².